The Morgan fingerprint density at radius 1 is 1.07 bits per heavy atom. The summed E-state index contributed by atoms with van der Waals surface area (Å²) in [5.74, 6) is 0.0775. The molecule has 0 saturated carbocycles. The van der Waals surface area contributed by atoms with E-state index in [1.54, 1.807) is 47.4 Å². The molecule has 1 heterocycles. The van der Waals surface area contributed by atoms with Crippen LogP contribution >= 0.6 is 0 Å². The van der Waals surface area contributed by atoms with Crippen LogP contribution in [0.5, 0.6) is 0 Å². The second kappa shape index (κ2) is 9.00. The fourth-order valence-corrected chi connectivity index (χ4v) is 4.62. The van der Waals surface area contributed by atoms with E-state index in [9.17, 15) is 13.2 Å². The van der Waals surface area contributed by atoms with Gasteiger partial charge in [0.25, 0.3) is 0 Å². The standard InChI is InChI=1S/C21H23N3O3S/c22-16-18-8-6-17(7-9-18)10-11-21(25)24-14-12-19(13-15-24)23-28(26,27)20-4-2-1-3-5-20/h1-9,19,23H,10-15H2. The van der Waals surface area contributed by atoms with Crippen LogP contribution in [0.1, 0.15) is 30.4 Å². The third kappa shape index (κ3) is 5.18. The first-order chi connectivity index (χ1) is 13.5. The molecular formula is C21H23N3O3S. The molecule has 6 nitrogen and oxygen atoms in total. The van der Waals surface area contributed by atoms with E-state index < -0.39 is 10.0 Å². The highest BCUT2D eigenvalue weighted by Gasteiger charge is 2.26. The smallest absolute Gasteiger partial charge is 0.240 e. The van der Waals surface area contributed by atoms with Gasteiger partial charge >= 0.3 is 0 Å². The Morgan fingerprint density at radius 3 is 2.32 bits per heavy atom. The predicted molar refractivity (Wildman–Crippen MR) is 106 cm³/mol. The number of nitrogens with zero attached hydrogens (tertiary/aromatic N) is 2. The summed E-state index contributed by atoms with van der Waals surface area (Å²) in [6, 6.07) is 17.5. The number of nitriles is 1. The molecule has 0 atom stereocenters. The SMILES string of the molecule is N#Cc1ccc(CCC(=O)N2CCC(NS(=O)(=O)c3ccccc3)CC2)cc1. The van der Waals surface area contributed by atoms with Crippen LogP contribution in [-0.4, -0.2) is 38.4 Å². The van der Waals surface area contributed by atoms with Gasteiger partial charge in [-0.15, -0.1) is 0 Å². The van der Waals surface area contributed by atoms with Gasteiger partial charge in [0.2, 0.25) is 15.9 Å². The van der Waals surface area contributed by atoms with Crippen LogP contribution in [0.15, 0.2) is 59.5 Å². The van der Waals surface area contributed by atoms with Crippen LogP contribution in [0.4, 0.5) is 0 Å². The topological polar surface area (TPSA) is 90.3 Å². The molecule has 2 aromatic carbocycles. The van der Waals surface area contributed by atoms with Crippen LogP contribution in [0.2, 0.25) is 0 Å². The minimum atomic E-state index is -3.53. The van der Waals surface area contributed by atoms with Gasteiger partial charge in [0, 0.05) is 25.6 Å². The van der Waals surface area contributed by atoms with Gasteiger partial charge in [-0.1, -0.05) is 30.3 Å². The van der Waals surface area contributed by atoms with E-state index in [0.29, 0.717) is 44.3 Å². The number of hydrogen-bond acceptors (Lipinski definition) is 4. The number of hydrogen-bond donors (Lipinski definition) is 1. The molecule has 146 valence electrons. The lowest BCUT2D eigenvalue weighted by molar-refractivity contribution is -0.132. The fourth-order valence-electron chi connectivity index (χ4n) is 3.29. The maximum atomic E-state index is 12.4. The number of benzene rings is 2. The van der Waals surface area contributed by atoms with Crippen molar-refractivity contribution in [1.82, 2.24) is 9.62 Å². The monoisotopic (exact) mass is 397 g/mol. The molecule has 0 unspecified atom stereocenters. The van der Waals surface area contributed by atoms with Crippen molar-refractivity contribution in [3.63, 3.8) is 0 Å². The highest BCUT2D eigenvalue weighted by Crippen LogP contribution is 2.16. The molecule has 1 N–H and O–H groups in total. The van der Waals surface area contributed by atoms with Crippen LogP contribution in [0, 0.1) is 11.3 Å². The highest BCUT2D eigenvalue weighted by atomic mass is 32.2. The van der Waals surface area contributed by atoms with Gasteiger partial charge in [-0.3, -0.25) is 4.79 Å². The van der Waals surface area contributed by atoms with Gasteiger partial charge in [-0.2, -0.15) is 5.26 Å². The number of piperidine rings is 1. The summed E-state index contributed by atoms with van der Waals surface area (Å²) in [4.78, 5) is 14.5. The number of sulfonamides is 1. The number of carbonyl (C=O) groups is 1. The first-order valence-corrected chi connectivity index (χ1v) is 10.8. The lowest BCUT2D eigenvalue weighted by Gasteiger charge is -2.32. The predicted octanol–water partition coefficient (Wildman–Crippen LogP) is 2.46. The van der Waals surface area contributed by atoms with E-state index in [4.69, 9.17) is 5.26 Å². The molecule has 7 heteroatoms. The largest absolute Gasteiger partial charge is 0.343 e. The number of likely N-dealkylation sites (tertiary alicyclic amines) is 1. The van der Waals surface area contributed by atoms with Gasteiger partial charge in [0.15, 0.2) is 0 Å². The summed E-state index contributed by atoms with van der Waals surface area (Å²) in [7, 11) is -3.53. The third-order valence-electron chi connectivity index (χ3n) is 4.93. The molecule has 0 aliphatic carbocycles. The van der Waals surface area contributed by atoms with Crippen molar-refractivity contribution in [3.05, 3.63) is 65.7 Å². The second-order valence-corrected chi connectivity index (χ2v) is 8.61. The van der Waals surface area contributed by atoms with Crippen LogP contribution < -0.4 is 4.72 Å². The lowest BCUT2D eigenvalue weighted by Crippen LogP contribution is -2.46. The average Bonchev–Trinajstić information content (AvgIpc) is 2.73. The van der Waals surface area contributed by atoms with E-state index in [1.165, 1.54) is 0 Å². The van der Waals surface area contributed by atoms with E-state index in [0.717, 1.165) is 5.56 Å². The molecule has 0 aromatic heterocycles. The molecule has 1 aliphatic rings. The Kier molecular flexibility index (Phi) is 6.45. The lowest BCUT2D eigenvalue weighted by atomic mass is 10.0. The fraction of sp³-hybridized carbons (Fsp3) is 0.333. The average molecular weight is 398 g/mol. The summed E-state index contributed by atoms with van der Waals surface area (Å²) in [5.41, 5.74) is 1.63. The first-order valence-electron chi connectivity index (χ1n) is 9.32. The van der Waals surface area contributed by atoms with Crippen molar-refractivity contribution < 1.29 is 13.2 Å². The molecule has 1 saturated heterocycles. The molecule has 0 bridgehead atoms. The van der Waals surface area contributed by atoms with E-state index in [1.807, 2.05) is 12.1 Å². The van der Waals surface area contributed by atoms with Gasteiger partial charge in [-0.25, -0.2) is 13.1 Å². The number of nitrogens with one attached hydrogen (secondary N) is 1. The zero-order chi connectivity index (χ0) is 20.0. The quantitative estimate of drug-likeness (QED) is 0.811. The van der Waals surface area contributed by atoms with Crippen molar-refractivity contribution in [1.29, 1.82) is 5.26 Å². The van der Waals surface area contributed by atoms with Gasteiger partial charge in [0.1, 0.15) is 0 Å². The molecule has 2 aromatic rings. The Hall–Kier alpha value is -2.69. The summed E-state index contributed by atoms with van der Waals surface area (Å²) in [6.45, 7) is 1.10. The molecule has 1 amide bonds. The van der Waals surface area contributed by atoms with Gasteiger partial charge < -0.3 is 4.90 Å². The van der Waals surface area contributed by atoms with Crippen molar-refractivity contribution in [2.75, 3.05) is 13.1 Å². The van der Waals surface area contributed by atoms with Gasteiger partial charge in [0.05, 0.1) is 16.5 Å². The molecule has 0 radical (unpaired) electrons. The molecule has 1 fully saturated rings. The first kappa shape index (κ1) is 20.1. The highest BCUT2D eigenvalue weighted by molar-refractivity contribution is 7.89. The number of aryl methyl sites for hydroxylation is 1. The zero-order valence-electron chi connectivity index (χ0n) is 15.5. The van der Waals surface area contributed by atoms with Crippen molar-refractivity contribution in [3.8, 4) is 6.07 Å². The summed E-state index contributed by atoms with van der Waals surface area (Å²) in [5, 5.41) is 8.82. The third-order valence-corrected chi connectivity index (χ3v) is 6.47. The molecular weight excluding hydrogens is 374 g/mol. The maximum Gasteiger partial charge on any atom is 0.240 e. The Bertz CT molecular complexity index is 943. The number of rotatable bonds is 6. The minimum absolute atomic E-state index is 0.0775. The Balaban J connectivity index is 1.46. The van der Waals surface area contributed by atoms with Crippen molar-refractivity contribution >= 4 is 15.9 Å². The summed E-state index contributed by atoms with van der Waals surface area (Å²) >= 11 is 0. The van der Waals surface area contributed by atoms with Crippen LogP contribution in [0.3, 0.4) is 0 Å². The van der Waals surface area contributed by atoms with E-state index in [2.05, 4.69) is 10.8 Å². The molecule has 3 rings (SSSR count). The minimum Gasteiger partial charge on any atom is -0.343 e. The van der Waals surface area contributed by atoms with E-state index >= 15 is 0 Å². The Labute approximate surface area is 165 Å². The number of amides is 1. The number of carbonyl (C=O) groups excluding carboxylic acids is 1. The molecule has 1 aliphatic heterocycles. The second-order valence-electron chi connectivity index (χ2n) is 6.90. The van der Waals surface area contributed by atoms with Crippen molar-refractivity contribution in [2.45, 2.75) is 36.6 Å². The molecule has 28 heavy (non-hydrogen) atoms. The summed E-state index contributed by atoms with van der Waals surface area (Å²) < 4.78 is 27.6. The molecule has 0 spiro atoms. The Morgan fingerprint density at radius 2 is 1.71 bits per heavy atom. The zero-order valence-corrected chi connectivity index (χ0v) is 16.4. The van der Waals surface area contributed by atoms with Crippen molar-refractivity contribution in [2.24, 2.45) is 0 Å². The van der Waals surface area contributed by atoms with Crippen LogP contribution in [0.25, 0.3) is 0 Å². The summed E-state index contributed by atoms with van der Waals surface area (Å²) in [6.07, 6.45) is 2.25. The van der Waals surface area contributed by atoms with Gasteiger partial charge in [-0.05, 0) is 49.1 Å². The normalized spacial score (nSPS) is 15.2. The maximum absolute atomic E-state index is 12.4. The van der Waals surface area contributed by atoms with Crippen LogP contribution in [-0.2, 0) is 21.2 Å². The van der Waals surface area contributed by atoms with E-state index in [-0.39, 0.29) is 16.8 Å².